The third-order valence-electron chi connectivity index (χ3n) is 2.52. The molecule has 1 aromatic heterocycles. The summed E-state index contributed by atoms with van der Waals surface area (Å²) >= 11 is 0. The highest BCUT2D eigenvalue weighted by atomic mass is 16.1. The molecule has 1 aliphatic rings. The number of rotatable bonds is 4. The number of carbonyl (C=O) groups excluding carboxylic acids is 1. The van der Waals surface area contributed by atoms with Crippen LogP contribution >= 0.6 is 0 Å². The van der Waals surface area contributed by atoms with E-state index >= 15 is 0 Å². The number of Topliss-reactive ketones (excluding diaryl/α,β-unsaturated/α-hetero) is 1. The Morgan fingerprint density at radius 1 is 1.57 bits per heavy atom. The molecule has 1 heterocycles. The van der Waals surface area contributed by atoms with Crippen LogP contribution in [0.1, 0.15) is 35.3 Å². The van der Waals surface area contributed by atoms with Gasteiger partial charge in [-0.3, -0.25) is 9.78 Å². The molecule has 1 fully saturated rings. The maximum absolute atomic E-state index is 11.7. The molecule has 3 nitrogen and oxygen atoms in total. The van der Waals surface area contributed by atoms with E-state index in [0.717, 1.165) is 11.3 Å². The molecule has 1 saturated carbocycles. The van der Waals surface area contributed by atoms with E-state index in [1.165, 1.54) is 12.8 Å². The van der Waals surface area contributed by atoms with Gasteiger partial charge in [-0.2, -0.15) is 0 Å². The summed E-state index contributed by atoms with van der Waals surface area (Å²) in [5.41, 5.74) is 7.00. The molecule has 1 aliphatic carbocycles. The van der Waals surface area contributed by atoms with Gasteiger partial charge < -0.3 is 5.73 Å². The summed E-state index contributed by atoms with van der Waals surface area (Å²) in [6.07, 6.45) is 4.76. The topological polar surface area (TPSA) is 56.0 Å². The van der Waals surface area contributed by atoms with Crippen molar-refractivity contribution < 1.29 is 4.79 Å². The van der Waals surface area contributed by atoms with Crippen LogP contribution in [-0.2, 0) is 6.54 Å². The number of aromatic nitrogens is 1. The van der Waals surface area contributed by atoms with Crippen molar-refractivity contribution in [1.29, 1.82) is 0 Å². The van der Waals surface area contributed by atoms with E-state index in [0.29, 0.717) is 18.9 Å². The molecule has 3 heteroatoms. The van der Waals surface area contributed by atoms with Crippen LogP contribution in [0.4, 0.5) is 0 Å². The lowest BCUT2D eigenvalue weighted by molar-refractivity contribution is 0.0976. The summed E-state index contributed by atoms with van der Waals surface area (Å²) in [5, 5.41) is 0. The van der Waals surface area contributed by atoms with Crippen LogP contribution in [0.5, 0.6) is 0 Å². The monoisotopic (exact) mass is 190 g/mol. The summed E-state index contributed by atoms with van der Waals surface area (Å²) in [7, 11) is 0. The normalized spacial score (nSPS) is 15.5. The molecule has 0 aromatic carbocycles. The van der Waals surface area contributed by atoms with E-state index in [4.69, 9.17) is 5.73 Å². The highest BCUT2D eigenvalue weighted by molar-refractivity contribution is 5.96. The fourth-order valence-electron chi connectivity index (χ4n) is 1.47. The second-order valence-electron chi connectivity index (χ2n) is 3.81. The fourth-order valence-corrected chi connectivity index (χ4v) is 1.47. The van der Waals surface area contributed by atoms with Crippen molar-refractivity contribution in [2.75, 3.05) is 0 Å². The van der Waals surface area contributed by atoms with Gasteiger partial charge in [0.2, 0.25) is 0 Å². The number of hydrogen-bond acceptors (Lipinski definition) is 3. The molecule has 0 atom stereocenters. The minimum atomic E-state index is 0.226. The van der Waals surface area contributed by atoms with Crippen molar-refractivity contribution in [1.82, 2.24) is 4.98 Å². The van der Waals surface area contributed by atoms with Crippen LogP contribution in [0, 0.1) is 5.92 Å². The van der Waals surface area contributed by atoms with Crippen molar-refractivity contribution >= 4 is 5.78 Å². The zero-order valence-corrected chi connectivity index (χ0v) is 8.07. The van der Waals surface area contributed by atoms with E-state index in [-0.39, 0.29) is 5.78 Å². The van der Waals surface area contributed by atoms with Crippen molar-refractivity contribution in [2.45, 2.75) is 25.8 Å². The summed E-state index contributed by atoms with van der Waals surface area (Å²) in [4.78, 5) is 15.8. The van der Waals surface area contributed by atoms with Gasteiger partial charge in [-0.1, -0.05) is 0 Å². The number of nitrogens with zero attached hydrogens (tertiary/aromatic N) is 1. The van der Waals surface area contributed by atoms with Crippen LogP contribution in [0.15, 0.2) is 18.3 Å². The minimum absolute atomic E-state index is 0.226. The van der Waals surface area contributed by atoms with Crippen LogP contribution in [0.2, 0.25) is 0 Å². The molecule has 14 heavy (non-hydrogen) atoms. The Kier molecular flexibility index (Phi) is 2.59. The van der Waals surface area contributed by atoms with Crippen LogP contribution in [0.3, 0.4) is 0 Å². The van der Waals surface area contributed by atoms with E-state index < -0.39 is 0 Å². The molecule has 2 N–H and O–H groups in total. The van der Waals surface area contributed by atoms with Gasteiger partial charge in [0.05, 0.1) is 5.69 Å². The second-order valence-corrected chi connectivity index (χ2v) is 3.81. The lowest BCUT2D eigenvalue weighted by Crippen LogP contribution is -2.04. The molecule has 0 spiro atoms. The zero-order chi connectivity index (χ0) is 9.97. The molecule has 1 aromatic rings. The molecule has 0 amide bonds. The van der Waals surface area contributed by atoms with E-state index in [1.54, 1.807) is 18.3 Å². The van der Waals surface area contributed by atoms with Gasteiger partial charge in [-0.15, -0.1) is 0 Å². The lowest BCUT2D eigenvalue weighted by atomic mass is 10.1. The lowest BCUT2D eigenvalue weighted by Gasteiger charge is -2.01. The van der Waals surface area contributed by atoms with Gasteiger partial charge in [-0.05, 0) is 30.9 Å². The maximum Gasteiger partial charge on any atom is 0.163 e. The quantitative estimate of drug-likeness (QED) is 0.732. The Labute approximate surface area is 83.3 Å². The molecule has 0 bridgehead atoms. The van der Waals surface area contributed by atoms with Crippen LogP contribution < -0.4 is 5.73 Å². The van der Waals surface area contributed by atoms with Gasteiger partial charge in [0, 0.05) is 24.7 Å². The first-order valence-corrected chi connectivity index (χ1v) is 4.98. The van der Waals surface area contributed by atoms with Gasteiger partial charge >= 0.3 is 0 Å². The standard InChI is InChI=1S/C11H14N2O/c12-7-10-6-9(3-4-13-10)11(14)5-8-1-2-8/h3-4,6,8H,1-2,5,7,12H2. The number of ketones is 1. The Hall–Kier alpha value is -1.22. The van der Waals surface area contributed by atoms with Crippen LogP contribution in [-0.4, -0.2) is 10.8 Å². The predicted octanol–water partition coefficient (Wildman–Crippen LogP) is 1.52. The van der Waals surface area contributed by atoms with E-state index in [1.807, 2.05) is 0 Å². The highest BCUT2D eigenvalue weighted by Gasteiger charge is 2.24. The smallest absolute Gasteiger partial charge is 0.163 e. The summed E-state index contributed by atoms with van der Waals surface area (Å²) in [6, 6.07) is 3.56. The SMILES string of the molecule is NCc1cc(C(=O)CC2CC2)ccn1. The van der Waals surface area contributed by atoms with Crippen LogP contribution in [0.25, 0.3) is 0 Å². The highest BCUT2D eigenvalue weighted by Crippen LogP contribution is 2.33. The van der Waals surface area contributed by atoms with Gasteiger partial charge in [0.25, 0.3) is 0 Å². The summed E-state index contributed by atoms with van der Waals surface area (Å²) in [5.74, 6) is 0.863. The first-order valence-electron chi connectivity index (χ1n) is 4.98. The molecule has 2 rings (SSSR count). The van der Waals surface area contributed by atoms with Crippen molar-refractivity contribution in [2.24, 2.45) is 11.7 Å². The largest absolute Gasteiger partial charge is 0.325 e. The van der Waals surface area contributed by atoms with Gasteiger partial charge in [-0.25, -0.2) is 0 Å². The minimum Gasteiger partial charge on any atom is -0.325 e. The maximum atomic E-state index is 11.7. The molecule has 74 valence electrons. The molecular weight excluding hydrogens is 176 g/mol. The Morgan fingerprint density at radius 3 is 3.00 bits per heavy atom. The van der Waals surface area contributed by atoms with E-state index in [2.05, 4.69) is 4.98 Å². The predicted molar refractivity (Wildman–Crippen MR) is 53.8 cm³/mol. The average Bonchev–Trinajstić information content (AvgIpc) is 3.02. The zero-order valence-electron chi connectivity index (χ0n) is 8.07. The Balaban J connectivity index is 2.09. The third-order valence-corrected chi connectivity index (χ3v) is 2.52. The molecule has 0 aliphatic heterocycles. The molecular formula is C11H14N2O. The molecule has 0 radical (unpaired) electrons. The first kappa shape index (κ1) is 9.34. The fraction of sp³-hybridized carbons (Fsp3) is 0.455. The molecule has 0 saturated heterocycles. The van der Waals surface area contributed by atoms with Crippen molar-refractivity contribution in [3.05, 3.63) is 29.6 Å². The number of nitrogens with two attached hydrogens (primary N) is 1. The van der Waals surface area contributed by atoms with E-state index in [9.17, 15) is 4.79 Å². The summed E-state index contributed by atoms with van der Waals surface area (Å²) < 4.78 is 0. The Morgan fingerprint density at radius 2 is 2.36 bits per heavy atom. The summed E-state index contributed by atoms with van der Waals surface area (Å²) in [6.45, 7) is 0.393. The second kappa shape index (κ2) is 3.88. The van der Waals surface area contributed by atoms with Crippen molar-refractivity contribution in [3.8, 4) is 0 Å². The first-order chi connectivity index (χ1) is 6.79. The Bertz CT molecular complexity index is 345. The molecule has 0 unspecified atom stereocenters. The number of carbonyl (C=O) groups is 1. The van der Waals surface area contributed by atoms with Crippen molar-refractivity contribution in [3.63, 3.8) is 0 Å². The van der Waals surface area contributed by atoms with Gasteiger partial charge in [0.1, 0.15) is 0 Å². The number of pyridine rings is 1. The average molecular weight is 190 g/mol. The third kappa shape index (κ3) is 2.17. The number of hydrogen-bond donors (Lipinski definition) is 1. The van der Waals surface area contributed by atoms with Gasteiger partial charge in [0.15, 0.2) is 5.78 Å².